The van der Waals surface area contributed by atoms with Gasteiger partial charge in [0.25, 0.3) is 0 Å². The molecule has 3 nitrogen and oxygen atoms in total. The summed E-state index contributed by atoms with van der Waals surface area (Å²) in [7, 11) is 0. The molecule has 3 heteroatoms. The molecule has 20 heavy (non-hydrogen) atoms. The van der Waals surface area contributed by atoms with Crippen LogP contribution in [0, 0.1) is 17.8 Å². The molecular formula is C17H27NO2. The average Bonchev–Trinajstić information content (AvgIpc) is 2.85. The molecule has 2 bridgehead atoms. The first-order valence-corrected chi connectivity index (χ1v) is 7.92. The van der Waals surface area contributed by atoms with Crippen LogP contribution in [-0.2, 0) is 9.53 Å². The first-order chi connectivity index (χ1) is 9.24. The Morgan fingerprint density at radius 2 is 1.75 bits per heavy atom. The number of ether oxygens (including phenoxy) is 1. The van der Waals surface area contributed by atoms with Crippen molar-refractivity contribution in [2.45, 2.75) is 70.6 Å². The fraction of sp³-hybridized carbons (Fsp3) is 0.824. The van der Waals surface area contributed by atoms with Gasteiger partial charge in [0.15, 0.2) is 0 Å². The molecule has 0 aromatic rings. The van der Waals surface area contributed by atoms with Crippen LogP contribution in [0.2, 0.25) is 0 Å². The molecule has 3 rings (SSSR count). The molecule has 3 aliphatic rings. The highest BCUT2D eigenvalue weighted by Gasteiger charge is 2.44. The van der Waals surface area contributed by atoms with Crippen LogP contribution in [0.4, 0.5) is 0 Å². The summed E-state index contributed by atoms with van der Waals surface area (Å²) >= 11 is 0. The Morgan fingerprint density at radius 1 is 1.10 bits per heavy atom. The van der Waals surface area contributed by atoms with Gasteiger partial charge in [0.2, 0.25) is 0 Å². The number of carbonyl (C=O) groups excluding carboxylic acids is 1. The zero-order valence-electron chi connectivity index (χ0n) is 13.1. The van der Waals surface area contributed by atoms with Crippen LogP contribution in [0.1, 0.15) is 53.4 Å². The van der Waals surface area contributed by atoms with Crippen molar-refractivity contribution in [2.24, 2.45) is 17.8 Å². The molecule has 3 atom stereocenters. The number of rotatable bonds is 2. The number of carbonyl (C=O) groups is 1. The van der Waals surface area contributed by atoms with Crippen LogP contribution >= 0.6 is 0 Å². The average molecular weight is 277 g/mol. The van der Waals surface area contributed by atoms with Crippen LogP contribution in [0.25, 0.3) is 0 Å². The van der Waals surface area contributed by atoms with Crippen molar-refractivity contribution in [1.82, 2.24) is 5.32 Å². The van der Waals surface area contributed by atoms with Gasteiger partial charge in [0.05, 0.1) is 5.92 Å². The third kappa shape index (κ3) is 2.78. The number of piperidine rings is 1. The Hall–Kier alpha value is -0.830. The zero-order chi connectivity index (χ0) is 14.5. The molecule has 1 aliphatic heterocycles. The molecule has 0 radical (unpaired) electrons. The molecule has 1 N–H and O–H groups in total. The van der Waals surface area contributed by atoms with E-state index in [4.69, 9.17) is 4.74 Å². The summed E-state index contributed by atoms with van der Waals surface area (Å²) in [6.07, 6.45) is 8.50. The van der Waals surface area contributed by atoms with E-state index in [0.29, 0.717) is 11.8 Å². The van der Waals surface area contributed by atoms with Crippen LogP contribution in [0.15, 0.2) is 12.2 Å². The van der Waals surface area contributed by atoms with Gasteiger partial charge in [-0.05, 0) is 52.4 Å². The second kappa shape index (κ2) is 4.59. The van der Waals surface area contributed by atoms with Crippen LogP contribution in [-0.4, -0.2) is 23.2 Å². The Kier molecular flexibility index (Phi) is 3.24. The lowest BCUT2D eigenvalue weighted by Crippen LogP contribution is -2.59. The second-order valence-corrected chi connectivity index (χ2v) is 8.25. The molecular weight excluding hydrogens is 250 g/mol. The molecule has 0 aromatic carbocycles. The monoisotopic (exact) mass is 277 g/mol. The quantitative estimate of drug-likeness (QED) is 0.623. The molecule has 1 saturated carbocycles. The van der Waals surface area contributed by atoms with Crippen molar-refractivity contribution in [3.63, 3.8) is 0 Å². The van der Waals surface area contributed by atoms with E-state index in [1.807, 2.05) is 0 Å². The molecule has 3 unspecified atom stereocenters. The topological polar surface area (TPSA) is 38.3 Å². The summed E-state index contributed by atoms with van der Waals surface area (Å²) in [5.74, 6) is 1.22. The van der Waals surface area contributed by atoms with Gasteiger partial charge in [-0.2, -0.15) is 0 Å². The predicted molar refractivity (Wildman–Crippen MR) is 79.3 cm³/mol. The van der Waals surface area contributed by atoms with Gasteiger partial charge in [-0.1, -0.05) is 12.2 Å². The first-order valence-electron chi connectivity index (χ1n) is 7.92. The number of fused-ring (bicyclic) bond motifs is 2. The number of nitrogens with one attached hydrogen (secondary N) is 1. The second-order valence-electron chi connectivity index (χ2n) is 8.25. The van der Waals surface area contributed by atoms with Crippen molar-refractivity contribution in [1.29, 1.82) is 0 Å². The minimum absolute atomic E-state index is 0.0290. The van der Waals surface area contributed by atoms with Gasteiger partial charge >= 0.3 is 5.97 Å². The van der Waals surface area contributed by atoms with Gasteiger partial charge in [-0.15, -0.1) is 0 Å². The van der Waals surface area contributed by atoms with Gasteiger partial charge in [0.1, 0.15) is 6.10 Å². The summed E-state index contributed by atoms with van der Waals surface area (Å²) < 4.78 is 5.89. The molecule has 0 amide bonds. The van der Waals surface area contributed by atoms with Crippen LogP contribution in [0.3, 0.4) is 0 Å². The molecule has 2 fully saturated rings. The van der Waals surface area contributed by atoms with Crippen molar-refractivity contribution in [3.8, 4) is 0 Å². The highest BCUT2D eigenvalue weighted by Crippen LogP contribution is 2.44. The van der Waals surface area contributed by atoms with E-state index >= 15 is 0 Å². The van der Waals surface area contributed by atoms with Crippen molar-refractivity contribution < 1.29 is 9.53 Å². The Balaban J connectivity index is 1.62. The van der Waals surface area contributed by atoms with E-state index in [1.165, 1.54) is 0 Å². The fourth-order valence-electron chi connectivity index (χ4n) is 4.62. The SMILES string of the molecule is CC1(C)CC(OC(=O)C2CC3C=CC2C3)CC(C)(C)N1. The maximum atomic E-state index is 12.4. The third-order valence-corrected chi connectivity index (χ3v) is 5.02. The normalized spacial score (nSPS) is 38.1. The van der Waals surface area contributed by atoms with E-state index in [-0.39, 0.29) is 29.1 Å². The van der Waals surface area contributed by atoms with Crippen molar-refractivity contribution in [2.75, 3.05) is 0 Å². The Morgan fingerprint density at radius 3 is 2.25 bits per heavy atom. The van der Waals surface area contributed by atoms with E-state index in [0.717, 1.165) is 25.7 Å². The molecule has 1 saturated heterocycles. The molecule has 0 aromatic heterocycles. The standard InChI is InChI=1S/C17H27NO2/c1-16(2)9-13(10-17(3,4)18-16)20-15(19)14-8-11-5-6-12(14)7-11/h5-6,11-14,18H,7-10H2,1-4H3. The van der Waals surface area contributed by atoms with Crippen LogP contribution < -0.4 is 5.32 Å². The molecule has 1 heterocycles. The third-order valence-electron chi connectivity index (χ3n) is 5.02. The number of hydrogen-bond donors (Lipinski definition) is 1. The largest absolute Gasteiger partial charge is 0.462 e. The summed E-state index contributed by atoms with van der Waals surface area (Å²) in [5.41, 5.74) is 0.0581. The number of esters is 1. The Bertz CT molecular complexity index is 422. The lowest BCUT2D eigenvalue weighted by Gasteiger charge is -2.46. The number of hydrogen-bond acceptors (Lipinski definition) is 3. The Labute approximate surface area is 122 Å². The smallest absolute Gasteiger partial charge is 0.309 e. The highest BCUT2D eigenvalue weighted by atomic mass is 16.5. The summed E-state index contributed by atoms with van der Waals surface area (Å²) in [6.45, 7) is 8.76. The summed E-state index contributed by atoms with van der Waals surface area (Å²) in [4.78, 5) is 12.4. The van der Waals surface area contributed by atoms with Gasteiger partial charge < -0.3 is 10.1 Å². The van der Waals surface area contributed by atoms with Crippen LogP contribution in [0.5, 0.6) is 0 Å². The lowest BCUT2D eigenvalue weighted by atomic mass is 9.81. The maximum absolute atomic E-state index is 12.4. The lowest BCUT2D eigenvalue weighted by molar-refractivity contribution is -0.159. The summed E-state index contributed by atoms with van der Waals surface area (Å²) in [6, 6.07) is 0. The maximum Gasteiger partial charge on any atom is 0.309 e. The summed E-state index contributed by atoms with van der Waals surface area (Å²) in [5, 5.41) is 3.63. The van der Waals surface area contributed by atoms with E-state index in [1.54, 1.807) is 0 Å². The minimum Gasteiger partial charge on any atom is -0.462 e. The van der Waals surface area contributed by atoms with Gasteiger partial charge in [-0.25, -0.2) is 0 Å². The molecule has 0 spiro atoms. The van der Waals surface area contributed by atoms with Gasteiger partial charge in [-0.3, -0.25) is 4.79 Å². The molecule has 2 aliphatic carbocycles. The van der Waals surface area contributed by atoms with E-state index < -0.39 is 0 Å². The zero-order valence-corrected chi connectivity index (χ0v) is 13.1. The minimum atomic E-state index is 0.0290. The van der Waals surface area contributed by atoms with E-state index in [9.17, 15) is 4.79 Å². The first kappa shape index (κ1) is 14.1. The highest BCUT2D eigenvalue weighted by molar-refractivity contribution is 5.74. The fourth-order valence-corrected chi connectivity index (χ4v) is 4.62. The van der Waals surface area contributed by atoms with Gasteiger partial charge in [0, 0.05) is 23.9 Å². The van der Waals surface area contributed by atoms with Crippen molar-refractivity contribution in [3.05, 3.63) is 12.2 Å². The molecule has 112 valence electrons. The van der Waals surface area contributed by atoms with E-state index in [2.05, 4.69) is 45.2 Å². The predicted octanol–water partition coefficient (Wildman–Crippen LogP) is 3.05. The number of allylic oxidation sites excluding steroid dienone is 2. The van der Waals surface area contributed by atoms with Crippen molar-refractivity contribution >= 4 is 5.97 Å².